The first-order valence-corrected chi connectivity index (χ1v) is 2.66. The van der Waals surface area contributed by atoms with E-state index >= 15 is 0 Å². The molecule has 0 aromatic heterocycles. The number of halogens is 6. The molecule has 13 heavy (non-hydrogen) atoms. The smallest absolute Gasteiger partial charge is 0.426 e. The molecule has 0 amide bonds. The third-order valence-corrected chi connectivity index (χ3v) is 0.928. The second-order valence-electron chi connectivity index (χ2n) is 1.83. The van der Waals surface area contributed by atoms with Crippen LogP contribution in [0.3, 0.4) is 0 Å². The highest BCUT2D eigenvalue weighted by molar-refractivity contribution is 5.88. The lowest BCUT2D eigenvalue weighted by atomic mass is 10.2. The highest BCUT2D eigenvalue weighted by atomic mass is 19.4. The predicted molar refractivity (Wildman–Crippen MR) is 27.8 cm³/mol. The second kappa shape index (κ2) is 3.67. The lowest BCUT2D eigenvalue weighted by Gasteiger charge is -2.07. The average Bonchev–Trinajstić information content (AvgIpc) is 1.82. The quantitative estimate of drug-likeness (QED) is 0.557. The molecular formula is C5H2F6O2. The molecule has 0 aliphatic carbocycles. The highest BCUT2D eigenvalue weighted by Gasteiger charge is 2.44. The van der Waals surface area contributed by atoms with Gasteiger partial charge in [-0.2, -0.15) is 13.2 Å². The van der Waals surface area contributed by atoms with Crippen LogP contribution in [0.1, 0.15) is 0 Å². The van der Waals surface area contributed by atoms with Crippen molar-refractivity contribution in [3.63, 3.8) is 0 Å². The number of hydrogen-bond donors (Lipinski definition) is 1. The maximum absolute atomic E-state index is 12.0. The number of aliphatic carboxylic acids is 1. The van der Waals surface area contributed by atoms with Crippen LogP contribution in [-0.4, -0.2) is 23.7 Å². The van der Waals surface area contributed by atoms with Gasteiger partial charge in [-0.3, -0.25) is 0 Å². The number of carboxylic acid groups (broad SMARTS) is 1. The maximum Gasteiger partial charge on any atom is 0.426 e. The Balaban J connectivity index is 5.27. The van der Waals surface area contributed by atoms with Crippen LogP contribution in [-0.2, 0) is 4.79 Å². The summed E-state index contributed by atoms with van der Waals surface area (Å²) in [7, 11) is 0. The zero-order valence-corrected chi connectivity index (χ0v) is 5.70. The number of alkyl halides is 5. The summed E-state index contributed by atoms with van der Waals surface area (Å²) in [6, 6.07) is 0. The van der Waals surface area contributed by atoms with E-state index in [1.165, 1.54) is 0 Å². The molecule has 0 saturated heterocycles. The van der Waals surface area contributed by atoms with Crippen molar-refractivity contribution >= 4 is 5.97 Å². The lowest BCUT2D eigenvalue weighted by molar-refractivity contribution is -0.146. The van der Waals surface area contributed by atoms with Gasteiger partial charge in [-0.25, -0.2) is 18.0 Å². The first-order chi connectivity index (χ1) is 5.68. The van der Waals surface area contributed by atoms with E-state index in [0.717, 1.165) is 0 Å². The Bertz CT molecular complexity index is 240. The topological polar surface area (TPSA) is 37.3 Å². The zero-order valence-electron chi connectivity index (χ0n) is 5.70. The van der Waals surface area contributed by atoms with Crippen molar-refractivity contribution in [2.45, 2.75) is 12.6 Å². The summed E-state index contributed by atoms with van der Waals surface area (Å²) < 4.78 is 69.4. The lowest BCUT2D eigenvalue weighted by Crippen LogP contribution is -2.22. The monoisotopic (exact) mass is 208 g/mol. The molecule has 0 aliphatic heterocycles. The molecule has 2 nitrogen and oxygen atoms in total. The van der Waals surface area contributed by atoms with E-state index in [2.05, 4.69) is 0 Å². The fourth-order valence-electron chi connectivity index (χ4n) is 0.468. The van der Waals surface area contributed by atoms with E-state index in [0.29, 0.717) is 0 Å². The first-order valence-electron chi connectivity index (χ1n) is 2.66. The van der Waals surface area contributed by atoms with Gasteiger partial charge in [-0.05, 0) is 0 Å². The van der Waals surface area contributed by atoms with Gasteiger partial charge in [0, 0.05) is 0 Å². The molecular weight excluding hydrogens is 206 g/mol. The molecule has 0 heterocycles. The minimum atomic E-state index is -5.63. The molecule has 0 bridgehead atoms. The number of allylic oxidation sites excluding steroid dienone is 1. The standard InChI is InChI=1S/C5H2F6O2/c6-2(3(7)8)1(4(12)13)5(9,10)11/h3H,(H,12,13)/b2-1-. The molecule has 0 atom stereocenters. The first kappa shape index (κ1) is 11.8. The maximum atomic E-state index is 12.0. The molecule has 0 aromatic carbocycles. The minimum absolute atomic E-state index is 2.77. The van der Waals surface area contributed by atoms with Crippen molar-refractivity contribution < 1.29 is 36.2 Å². The van der Waals surface area contributed by atoms with Crippen LogP contribution in [0, 0.1) is 0 Å². The summed E-state index contributed by atoms with van der Waals surface area (Å²) in [6.07, 6.45) is -9.72. The van der Waals surface area contributed by atoms with Crippen LogP contribution in [0.4, 0.5) is 26.3 Å². The molecule has 0 spiro atoms. The van der Waals surface area contributed by atoms with Crippen molar-refractivity contribution in [3.05, 3.63) is 11.4 Å². The van der Waals surface area contributed by atoms with Crippen molar-refractivity contribution in [2.75, 3.05) is 0 Å². The van der Waals surface area contributed by atoms with Gasteiger partial charge in [-0.1, -0.05) is 0 Å². The number of hydrogen-bond acceptors (Lipinski definition) is 1. The van der Waals surface area contributed by atoms with Gasteiger partial charge in [0.05, 0.1) is 0 Å². The van der Waals surface area contributed by atoms with Gasteiger partial charge in [0.25, 0.3) is 6.43 Å². The van der Waals surface area contributed by atoms with Gasteiger partial charge < -0.3 is 5.11 Å². The number of rotatable bonds is 2. The van der Waals surface area contributed by atoms with Gasteiger partial charge in [-0.15, -0.1) is 0 Å². The third-order valence-electron chi connectivity index (χ3n) is 0.928. The SMILES string of the molecule is O=C(O)/C(=C(/F)C(F)F)C(F)(F)F. The van der Waals surface area contributed by atoms with Crippen LogP contribution in [0.15, 0.2) is 11.4 Å². The minimum Gasteiger partial charge on any atom is -0.478 e. The fourth-order valence-corrected chi connectivity index (χ4v) is 0.468. The molecule has 0 aromatic rings. The molecule has 0 aliphatic rings. The molecule has 0 fully saturated rings. The summed E-state index contributed by atoms with van der Waals surface area (Å²) >= 11 is 0. The molecule has 0 unspecified atom stereocenters. The summed E-state index contributed by atoms with van der Waals surface area (Å²) in [6.45, 7) is 0. The molecule has 0 radical (unpaired) electrons. The largest absolute Gasteiger partial charge is 0.478 e. The predicted octanol–water partition coefficient (Wildman–Crippen LogP) is 2.12. The summed E-state index contributed by atoms with van der Waals surface area (Å²) in [5.41, 5.74) is -2.87. The Hall–Kier alpha value is -1.21. The average molecular weight is 208 g/mol. The van der Waals surface area contributed by atoms with Crippen molar-refractivity contribution in [1.29, 1.82) is 0 Å². The number of carbonyl (C=O) groups is 1. The van der Waals surface area contributed by atoms with Crippen LogP contribution in [0.25, 0.3) is 0 Å². The van der Waals surface area contributed by atoms with Crippen LogP contribution in [0.5, 0.6) is 0 Å². The van der Waals surface area contributed by atoms with Crippen LogP contribution < -0.4 is 0 Å². The van der Waals surface area contributed by atoms with E-state index in [9.17, 15) is 31.1 Å². The Morgan fingerprint density at radius 2 is 1.62 bits per heavy atom. The Morgan fingerprint density at radius 1 is 1.23 bits per heavy atom. The Morgan fingerprint density at radius 3 is 1.69 bits per heavy atom. The molecule has 0 rings (SSSR count). The van der Waals surface area contributed by atoms with Gasteiger partial charge >= 0.3 is 12.1 Å². The van der Waals surface area contributed by atoms with Gasteiger partial charge in [0.2, 0.25) is 0 Å². The van der Waals surface area contributed by atoms with E-state index in [4.69, 9.17) is 5.11 Å². The normalized spacial score (nSPS) is 14.4. The summed E-state index contributed by atoms with van der Waals surface area (Å²) in [5.74, 6) is -5.76. The van der Waals surface area contributed by atoms with Gasteiger partial charge in [0.1, 0.15) is 0 Å². The van der Waals surface area contributed by atoms with Gasteiger partial charge in [0.15, 0.2) is 11.4 Å². The van der Waals surface area contributed by atoms with Crippen molar-refractivity contribution in [1.82, 2.24) is 0 Å². The van der Waals surface area contributed by atoms with Crippen molar-refractivity contribution in [3.8, 4) is 0 Å². The molecule has 76 valence electrons. The van der Waals surface area contributed by atoms with Crippen molar-refractivity contribution in [2.24, 2.45) is 0 Å². The Kier molecular flexibility index (Phi) is 3.33. The zero-order chi connectivity index (χ0) is 10.8. The molecule has 1 N–H and O–H groups in total. The van der Waals surface area contributed by atoms with Crippen LogP contribution in [0.2, 0.25) is 0 Å². The van der Waals surface area contributed by atoms with E-state index in [1.807, 2.05) is 0 Å². The summed E-state index contributed by atoms with van der Waals surface area (Å²) in [4.78, 5) is 9.74. The third kappa shape index (κ3) is 2.96. The van der Waals surface area contributed by atoms with E-state index < -0.39 is 30.0 Å². The van der Waals surface area contributed by atoms with E-state index in [-0.39, 0.29) is 0 Å². The number of carboxylic acids is 1. The fraction of sp³-hybridized carbons (Fsp3) is 0.400. The summed E-state index contributed by atoms with van der Waals surface area (Å²) in [5, 5.41) is 7.78. The second-order valence-corrected chi connectivity index (χ2v) is 1.83. The molecule has 8 heteroatoms. The Labute approximate surface area is 67.5 Å². The van der Waals surface area contributed by atoms with Crippen LogP contribution >= 0.6 is 0 Å². The molecule has 0 saturated carbocycles. The van der Waals surface area contributed by atoms with E-state index in [1.54, 1.807) is 0 Å². The highest BCUT2D eigenvalue weighted by Crippen LogP contribution is 2.31.